The van der Waals surface area contributed by atoms with Crippen LogP contribution in [0, 0.1) is 6.92 Å². The first-order chi connectivity index (χ1) is 7.35. The van der Waals surface area contributed by atoms with Crippen LogP contribution < -0.4 is 10.6 Å². The molecule has 2 rings (SSSR count). The molecule has 1 aromatic rings. The van der Waals surface area contributed by atoms with Crippen LogP contribution in [0.1, 0.15) is 18.1 Å². The molecule has 0 radical (unpaired) electrons. The molecular weight excluding hydrogens is 204 g/mol. The molecule has 1 amide bonds. The zero-order valence-electron chi connectivity index (χ0n) is 9.57. The van der Waals surface area contributed by atoms with E-state index in [1.54, 1.807) is 14.0 Å². The fourth-order valence-corrected chi connectivity index (χ4v) is 1.96. The van der Waals surface area contributed by atoms with Gasteiger partial charge in [0, 0.05) is 18.3 Å². The molecule has 2 N–H and O–H groups in total. The van der Waals surface area contributed by atoms with Crippen LogP contribution in [0.5, 0.6) is 0 Å². The summed E-state index contributed by atoms with van der Waals surface area (Å²) in [6.07, 6.45) is 0. The summed E-state index contributed by atoms with van der Waals surface area (Å²) in [6.45, 7) is 3.51. The van der Waals surface area contributed by atoms with Gasteiger partial charge in [-0.3, -0.25) is 9.59 Å². The first-order valence-corrected chi connectivity index (χ1v) is 5.08. The van der Waals surface area contributed by atoms with Gasteiger partial charge in [-0.05, 0) is 25.5 Å². The Hall–Kier alpha value is -1.68. The Morgan fingerprint density at radius 2 is 1.94 bits per heavy atom. The van der Waals surface area contributed by atoms with Crippen LogP contribution in [-0.4, -0.2) is 18.7 Å². The Bertz CT molecular complexity index is 492. The number of likely N-dealkylation sites (N-methyl/N-ethyl adjacent to an activating group) is 1. The molecule has 16 heavy (non-hydrogen) atoms. The van der Waals surface area contributed by atoms with Gasteiger partial charge in [-0.25, -0.2) is 0 Å². The maximum Gasteiger partial charge on any atom is 0.296 e. The van der Waals surface area contributed by atoms with E-state index in [4.69, 9.17) is 5.73 Å². The van der Waals surface area contributed by atoms with Gasteiger partial charge in [-0.15, -0.1) is 0 Å². The van der Waals surface area contributed by atoms with Crippen molar-refractivity contribution in [2.24, 2.45) is 5.73 Å². The number of carbonyl (C=O) groups is 2. The SMILES string of the molecule is Cc1ccc2c(c1)N(C)C(=O)C(=O)C2(C)N. The summed E-state index contributed by atoms with van der Waals surface area (Å²) in [7, 11) is 1.59. The molecule has 0 bridgehead atoms. The minimum Gasteiger partial charge on any atom is -0.315 e. The molecule has 0 spiro atoms. The highest BCUT2D eigenvalue weighted by Crippen LogP contribution is 2.34. The number of ketones is 1. The summed E-state index contributed by atoms with van der Waals surface area (Å²) in [4.78, 5) is 24.9. The molecule has 84 valence electrons. The predicted octanol–water partition coefficient (Wildman–Crippen LogP) is 0.714. The second-order valence-electron chi connectivity index (χ2n) is 4.42. The van der Waals surface area contributed by atoms with Gasteiger partial charge in [-0.1, -0.05) is 12.1 Å². The summed E-state index contributed by atoms with van der Waals surface area (Å²) in [6, 6.07) is 5.57. The van der Waals surface area contributed by atoms with Gasteiger partial charge in [0.2, 0.25) is 5.78 Å². The quantitative estimate of drug-likeness (QED) is 0.652. The topological polar surface area (TPSA) is 63.4 Å². The first kappa shape index (κ1) is 10.8. The molecule has 1 aliphatic heterocycles. The normalized spacial score (nSPS) is 24.6. The van der Waals surface area contributed by atoms with Gasteiger partial charge in [0.05, 0.1) is 0 Å². The van der Waals surface area contributed by atoms with E-state index in [-0.39, 0.29) is 0 Å². The average Bonchev–Trinajstić information content (AvgIpc) is 2.24. The van der Waals surface area contributed by atoms with E-state index in [0.717, 1.165) is 11.3 Å². The van der Waals surface area contributed by atoms with Crippen LogP contribution in [0.3, 0.4) is 0 Å². The summed E-state index contributed by atoms with van der Waals surface area (Å²) < 4.78 is 0. The summed E-state index contributed by atoms with van der Waals surface area (Å²) in [5, 5.41) is 0. The molecule has 0 fully saturated rings. The minimum absolute atomic E-state index is 0.553. The number of aryl methyl sites for hydroxylation is 1. The molecule has 1 aromatic carbocycles. The monoisotopic (exact) mass is 218 g/mol. The summed E-state index contributed by atoms with van der Waals surface area (Å²) >= 11 is 0. The molecule has 1 aliphatic rings. The fraction of sp³-hybridized carbons (Fsp3) is 0.333. The Labute approximate surface area is 94.0 Å². The number of Topliss-reactive ketones (excluding diaryl/α,β-unsaturated/α-hetero) is 1. The number of fused-ring (bicyclic) bond motifs is 1. The maximum absolute atomic E-state index is 11.8. The highest BCUT2D eigenvalue weighted by atomic mass is 16.2. The van der Waals surface area contributed by atoms with Gasteiger partial charge in [-0.2, -0.15) is 0 Å². The highest BCUT2D eigenvalue weighted by Gasteiger charge is 2.44. The van der Waals surface area contributed by atoms with Gasteiger partial charge in [0.25, 0.3) is 5.91 Å². The van der Waals surface area contributed by atoms with Crippen LogP contribution in [0.25, 0.3) is 0 Å². The number of hydrogen-bond donors (Lipinski definition) is 1. The van der Waals surface area contributed by atoms with E-state index in [2.05, 4.69) is 0 Å². The van der Waals surface area contributed by atoms with E-state index in [1.165, 1.54) is 4.90 Å². The van der Waals surface area contributed by atoms with Crippen LogP contribution in [0.2, 0.25) is 0 Å². The maximum atomic E-state index is 11.8. The van der Waals surface area contributed by atoms with Crippen molar-refractivity contribution in [1.82, 2.24) is 0 Å². The molecular formula is C12H14N2O2. The van der Waals surface area contributed by atoms with Crippen LogP contribution >= 0.6 is 0 Å². The smallest absolute Gasteiger partial charge is 0.296 e. The van der Waals surface area contributed by atoms with Crippen molar-refractivity contribution in [3.63, 3.8) is 0 Å². The van der Waals surface area contributed by atoms with E-state index in [1.807, 2.05) is 25.1 Å². The Morgan fingerprint density at radius 1 is 1.31 bits per heavy atom. The number of rotatable bonds is 0. The molecule has 1 unspecified atom stereocenters. The lowest BCUT2D eigenvalue weighted by Gasteiger charge is -2.35. The Kier molecular flexibility index (Phi) is 2.13. The molecule has 1 atom stereocenters. The van der Waals surface area contributed by atoms with Crippen molar-refractivity contribution in [1.29, 1.82) is 0 Å². The van der Waals surface area contributed by atoms with Gasteiger partial charge >= 0.3 is 0 Å². The van der Waals surface area contributed by atoms with Crippen LogP contribution in [0.4, 0.5) is 5.69 Å². The van der Waals surface area contributed by atoms with Crippen molar-refractivity contribution in [2.75, 3.05) is 11.9 Å². The van der Waals surface area contributed by atoms with E-state index >= 15 is 0 Å². The van der Waals surface area contributed by atoms with E-state index in [9.17, 15) is 9.59 Å². The number of amides is 1. The lowest BCUT2D eigenvalue weighted by atomic mass is 9.83. The summed E-state index contributed by atoms with van der Waals surface area (Å²) in [5.74, 6) is -1.12. The highest BCUT2D eigenvalue weighted by molar-refractivity contribution is 6.45. The largest absolute Gasteiger partial charge is 0.315 e. The zero-order chi connectivity index (χ0) is 12.1. The number of nitrogens with two attached hydrogens (primary N) is 1. The lowest BCUT2D eigenvalue weighted by molar-refractivity contribution is -0.139. The molecule has 0 aliphatic carbocycles. The number of benzene rings is 1. The van der Waals surface area contributed by atoms with E-state index in [0.29, 0.717) is 5.56 Å². The van der Waals surface area contributed by atoms with Crippen molar-refractivity contribution in [2.45, 2.75) is 19.4 Å². The number of carbonyl (C=O) groups excluding carboxylic acids is 2. The molecule has 0 saturated carbocycles. The molecule has 4 heteroatoms. The second kappa shape index (κ2) is 3.15. The third-order valence-electron chi connectivity index (χ3n) is 3.04. The molecule has 0 aromatic heterocycles. The van der Waals surface area contributed by atoms with Crippen LogP contribution in [0.15, 0.2) is 18.2 Å². The summed E-state index contributed by atoms with van der Waals surface area (Å²) in [5.41, 5.74) is 7.17. The number of hydrogen-bond acceptors (Lipinski definition) is 3. The van der Waals surface area contributed by atoms with Crippen LogP contribution in [-0.2, 0) is 15.1 Å². The first-order valence-electron chi connectivity index (χ1n) is 5.08. The fourth-order valence-electron chi connectivity index (χ4n) is 1.96. The zero-order valence-corrected chi connectivity index (χ0v) is 9.57. The minimum atomic E-state index is -1.22. The van der Waals surface area contributed by atoms with Gasteiger partial charge in [0.1, 0.15) is 5.54 Å². The van der Waals surface area contributed by atoms with Crippen molar-refractivity contribution >= 4 is 17.4 Å². The number of anilines is 1. The standard InChI is InChI=1S/C12H14N2O2/c1-7-4-5-8-9(6-7)14(3)11(16)10(15)12(8,2)13/h4-6H,13H2,1-3H3. The third-order valence-corrected chi connectivity index (χ3v) is 3.04. The van der Waals surface area contributed by atoms with Gasteiger partial charge in [0.15, 0.2) is 0 Å². The predicted molar refractivity (Wildman–Crippen MR) is 61.1 cm³/mol. The Morgan fingerprint density at radius 3 is 2.56 bits per heavy atom. The molecule has 0 saturated heterocycles. The average molecular weight is 218 g/mol. The van der Waals surface area contributed by atoms with Crippen molar-refractivity contribution in [3.05, 3.63) is 29.3 Å². The van der Waals surface area contributed by atoms with Gasteiger partial charge < -0.3 is 10.6 Å². The second-order valence-corrected chi connectivity index (χ2v) is 4.42. The van der Waals surface area contributed by atoms with Crippen molar-refractivity contribution in [3.8, 4) is 0 Å². The molecule has 1 heterocycles. The van der Waals surface area contributed by atoms with Crippen molar-refractivity contribution < 1.29 is 9.59 Å². The Balaban J connectivity index is 2.73. The van der Waals surface area contributed by atoms with E-state index < -0.39 is 17.2 Å². The number of nitrogens with zero attached hydrogens (tertiary/aromatic N) is 1. The third kappa shape index (κ3) is 1.27. The lowest BCUT2D eigenvalue weighted by Crippen LogP contribution is -2.54. The molecule has 4 nitrogen and oxygen atoms in total.